The van der Waals surface area contributed by atoms with Crippen LogP contribution < -0.4 is 5.32 Å². The highest BCUT2D eigenvalue weighted by molar-refractivity contribution is 8.00. The van der Waals surface area contributed by atoms with Crippen LogP contribution >= 0.6 is 23.4 Å². The van der Waals surface area contributed by atoms with E-state index in [1.807, 2.05) is 24.3 Å². The molecule has 0 spiro atoms. The number of benzene rings is 1. The van der Waals surface area contributed by atoms with Crippen LogP contribution in [0.3, 0.4) is 0 Å². The molecule has 0 unspecified atom stereocenters. The van der Waals surface area contributed by atoms with Crippen LogP contribution in [0, 0.1) is 5.92 Å². The minimum absolute atomic E-state index is 0.142. The number of carbonyl (C=O) groups excluding carboxylic acids is 1. The number of rotatable bonds is 2. The zero-order valence-electron chi connectivity index (χ0n) is 13.1. The summed E-state index contributed by atoms with van der Waals surface area (Å²) in [6, 6.07) is 5.88. The summed E-state index contributed by atoms with van der Waals surface area (Å²) in [5.74, 6) is 0.474. The summed E-state index contributed by atoms with van der Waals surface area (Å²) >= 11 is 7.87. The molecular formula is C18H22ClNOS. The van der Waals surface area contributed by atoms with Gasteiger partial charge in [-0.2, -0.15) is 0 Å². The van der Waals surface area contributed by atoms with Crippen molar-refractivity contribution in [3.05, 3.63) is 34.9 Å². The fourth-order valence-electron chi connectivity index (χ4n) is 3.26. The number of hydrogen-bond acceptors (Lipinski definition) is 3. The lowest BCUT2D eigenvalue weighted by Gasteiger charge is -2.35. The Kier molecular flexibility index (Phi) is 4.56. The molecule has 0 bridgehead atoms. The van der Waals surface area contributed by atoms with Gasteiger partial charge in [-0.05, 0) is 38.8 Å². The Labute approximate surface area is 141 Å². The number of thioether (sulfide) groups is 1. The van der Waals surface area contributed by atoms with E-state index in [0.29, 0.717) is 0 Å². The van der Waals surface area contributed by atoms with Gasteiger partial charge in [0.05, 0.1) is 4.87 Å². The van der Waals surface area contributed by atoms with Crippen molar-refractivity contribution in [2.24, 2.45) is 5.92 Å². The highest BCUT2D eigenvalue weighted by Gasteiger charge is 2.30. The summed E-state index contributed by atoms with van der Waals surface area (Å²) in [7, 11) is 0. The highest BCUT2D eigenvalue weighted by Crippen LogP contribution is 2.42. The number of fused-ring (bicyclic) bond motifs is 1. The Morgan fingerprint density at radius 2 is 2.05 bits per heavy atom. The van der Waals surface area contributed by atoms with Crippen LogP contribution in [0.25, 0.3) is 5.70 Å². The molecule has 2 nitrogen and oxygen atoms in total. The lowest BCUT2D eigenvalue weighted by molar-refractivity contribution is -0.119. The van der Waals surface area contributed by atoms with Gasteiger partial charge in [0.2, 0.25) is 0 Å². The molecule has 1 aliphatic heterocycles. The van der Waals surface area contributed by atoms with Crippen molar-refractivity contribution in [2.45, 2.75) is 55.7 Å². The average molecular weight is 336 g/mol. The minimum Gasteiger partial charge on any atom is -0.370 e. The van der Waals surface area contributed by atoms with Gasteiger partial charge >= 0.3 is 0 Å². The third-order valence-electron chi connectivity index (χ3n) is 4.33. The molecule has 1 aliphatic carbocycles. The van der Waals surface area contributed by atoms with Crippen LogP contribution in [-0.4, -0.2) is 10.7 Å². The normalized spacial score (nSPS) is 23.0. The van der Waals surface area contributed by atoms with Crippen LogP contribution in [0.1, 0.15) is 51.5 Å². The van der Waals surface area contributed by atoms with Gasteiger partial charge in [0.15, 0.2) is 5.78 Å². The highest BCUT2D eigenvalue weighted by atomic mass is 35.5. The van der Waals surface area contributed by atoms with Crippen LogP contribution in [0.5, 0.6) is 0 Å². The van der Waals surface area contributed by atoms with Gasteiger partial charge in [-0.15, -0.1) is 0 Å². The monoisotopic (exact) mass is 335 g/mol. The molecule has 1 aromatic carbocycles. The second kappa shape index (κ2) is 6.29. The van der Waals surface area contributed by atoms with Gasteiger partial charge in [0.1, 0.15) is 0 Å². The van der Waals surface area contributed by atoms with Crippen molar-refractivity contribution >= 4 is 34.8 Å². The molecule has 1 aromatic rings. The summed E-state index contributed by atoms with van der Waals surface area (Å²) in [6.07, 6.45) is 7.53. The number of ketones is 1. The molecule has 1 fully saturated rings. The fraction of sp³-hybridized carbons (Fsp3) is 0.500. The van der Waals surface area contributed by atoms with E-state index in [0.717, 1.165) is 34.0 Å². The molecule has 118 valence electrons. The van der Waals surface area contributed by atoms with Crippen LogP contribution in [0.4, 0.5) is 0 Å². The molecule has 1 heterocycles. The number of halogens is 1. The van der Waals surface area contributed by atoms with Crippen molar-refractivity contribution in [1.82, 2.24) is 5.32 Å². The molecule has 0 radical (unpaired) electrons. The topological polar surface area (TPSA) is 29.1 Å². The van der Waals surface area contributed by atoms with E-state index in [9.17, 15) is 4.79 Å². The molecule has 0 amide bonds. The molecular weight excluding hydrogens is 314 g/mol. The van der Waals surface area contributed by atoms with E-state index in [1.54, 1.807) is 11.8 Å². The van der Waals surface area contributed by atoms with E-state index in [2.05, 4.69) is 19.2 Å². The molecule has 2 aliphatic rings. The van der Waals surface area contributed by atoms with E-state index in [1.165, 1.54) is 19.3 Å². The molecule has 1 saturated carbocycles. The SMILES string of the molecule is CC1(C)N/C(=C\C(=O)C2CCCCC2)c2ccc(Cl)cc2S1. The van der Waals surface area contributed by atoms with Gasteiger partial charge in [-0.25, -0.2) is 0 Å². The molecule has 0 saturated heterocycles. The predicted octanol–water partition coefficient (Wildman–Crippen LogP) is 5.26. The van der Waals surface area contributed by atoms with Gasteiger partial charge in [-0.3, -0.25) is 4.79 Å². The van der Waals surface area contributed by atoms with Gasteiger partial charge in [0, 0.05) is 33.2 Å². The Balaban J connectivity index is 1.92. The van der Waals surface area contributed by atoms with Crippen molar-refractivity contribution in [3.63, 3.8) is 0 Å². The summed E-state index contributed by atoms with van der Waals surface area (Å²) in [4.78, 5) is 13.6. The standard InChI is InChI=1S/C18H22ClNOS/c1-18(2)20-15(11-16(21)12-6-4-3-5-7-12)14-9-8-13(19)10-17(14)22-18/h8-12,20H,3-7H2,1-2H3/b15-11-. The summed E-state index contributed by atoms with van der Waals surface area (Å²) in [5, 5.41) is 4.24. The summed E-state index contributed by atoms with van der Waals surface area (Å²) < 4.78 is 0. The van der Waals surface area contributed by atoms with E-state index < -0.39 is 0 Å². The first kappa shape index (κ1) is 15.9. The molecule has 22 heavy (non-hydrogen) atoms. The summed E-state index contributed by atoms with van der Waals surface area (Å²) in [5.41, 5.74) is 2.02. The number of hydrogen-bond donors (Lipinski definition) is 1. The van der Waals surface area contributed by atoms with Crippen LogP contribution in [-0.2, 0) is 4.79 Å². The van der Waals surface area contributed by atoms with Crippen LogP contribution in [0.2, 0.25) is 5.02 Å². The lowest BCUT2D eigenvalue weighted by Crippen LogP contribution is -2.38. The predicted molar refractivity (Wildman–Crippen MR) is 94.1 cm³/mol. The van der Waals surface area contributed by atoms with Gasteiger partial charge < -0.3 is 5.32 Å². The maximum atomic E-state index is 12.6. The smallest absolute Gasteiger partial charge is 0.160 e. The molecule has 1 N–H and O–H groups in total. The fourth-order valence-corrected chi connectivity index (χ4v) is 4.68. The van der Waals surface area contributed by atoms with Gasteiger partial charge in [-0.1, -0.05) is 48.7 Å². The maximum absolute atomic E-state index is 12.6. The zero-order valence-corrected chi connectivity index (χ0v) is 14.7. The zero-order chi connectivity index (χ0) is 15.7. The van der Waals surface area contributed by atoms with E-state index in [4.69, 9.17) is 11.6 Å². The third-order valence-corrected chi connectivity index (χ3v) is 5.73. The Bertz CT molecular complexity index is 618. The second-order valence-corrected chi connectivity index (χ2v) is 8.77. The van der Waals surface area contributed by atoms with Crippen LogP contribution in [0.15, 0.2) is 29.2 Å². The first-order valence-corrected chi connectivity index (χ1v) is 9.17. The number of nitrogens with one attached hydrogen (secondary N) is 1. The molecule has 0 atom stereocenters. The maximum Gasteiger partial charge on any atom is 0.160 e. The lowest BCUT2D eigenvalue weighted by atomic mass is 9.85. The largest absolute Gasteiger partial charge is 0.370 e. The average Bonchev–Trinajstić information content (AvgIpc) is 2.46. The second-order valence-electron chi connectivity index (χ2n) is 6.67. The number of allylic oxidation sites excluding steroid dienone is 1. The van der Waals surface area contributed by atoms with E-state index in [-0.39, 0.29) is 16.6 Å². The summed E-state index contributed by atoms with van der Waals surface area (Å²) in [6.45, 7) is 4.25. The third kappa shape index (κ3) is 3.52. The Morgan fingerprint density at radius 1 is 1.32 bits per heavy atom. The minimum atomic E-state index is -0.142. The van der Waals surface area contributed by atoms with Crippen molar-refractivity contribution in [1.29, 1.82) is 0 Å². The molecule has 4 heteroatoms. The van der Waals surface area contributed by atoms with E-state index >= 15 is 0 Å². The number of carbonyl (C=O) groups is 1. The molecule has 0 aromatic heterocycles. The Hall–Kier alpha value is -0.930. The first-order valence-electron chi connectivity index (χ1n) is 7.97. The van der Waals surface area contributed by atoms with Crippen molar-refractivity contribution in [3.8, 4) is 0 Å². The quantitative estimate of drug-likeness (QED) is 0.747. The first-order chi connectivity index (χ1) is 10.4. The Morgan fingerprint density at radius 3 is 2.77 bits per heavy atom. The van der Waals surface area contributed by atoms with Crippen molar-refractivity contribution in [2.75, 3.05) is 0 Å². The van der Waals surface area contributed by atoms with Gasteiger partial charge in [0.25, 0.3) is 0 Å². The van der Waals surface area contributed by atoms with Crippen molar-refractivity contribution < 1.29 is 4.79 Å². The molecule has 3 rings (SSSR count).